The predicted molar refractivity (Wildman–Crippen MR) is 137 cm³/mol. The number of aromatic carboxylic acids is 1. The number of halogens is 3. The number of hydrogen-bond acceptors (Lipinski definition) is 5. The lowest BCUT2D eigenvalue weighted by Gasteiger charge is -2.26. The summed E-state index contributed by atoms with van der Waals surface area (Å²) in [5.74, 6) is -2.35. The number of carbonyl (C=O) groups is 4. The third kappa shape index (κ3) is 5.43. The lowest BCUT2D eigenvalue weighted by molar-refractivity contribution is -0.122. The fraction of sp³-hybridized carbons (Fsp3) is 0.0400. The molecule has 0 atom stereocenters. The molecule has 0 saturated carbocycles. The molecule has 0 aliphatic carbocycles. The zero-order chi connectivity index (χ0) is 26.0. The van der Waals surface area contributed by atoms with Crippen LogP contribution in [0.2, 0.25) is 10.0 Å². The highest BCUT2D eigenvalue weighted by atomic mass is 79.9. The van der Waals surface area contributed by atoms with Crippen molar-refractivity contribution in [2.45, 2.75) is 6.61 Å². The van der Waals surface area contributed by atoms with Crippen LogP contribution in [0.25, 0.3) is 6.08 Å². The highest BCUT2D eigenvalue weighted by Gasteiger charge is 2.36. The number of carboxylic acids is 1. The first-order valence-electron chi connectivity index (χ1n) is 10.2. The van der Waals surface area contributed by atoms with E-state index in [2.05, 4.69) is 21.2 Å². The SMILES string of the molecule is O=C1NC(=O)N(c2ccc(Cl)cc2)C(=O)/C1=C/c1cc(Cl)c(OCc2ccc(C(=O)O)cc2)c(Br)c1. The number of nitrogens with zero attached hydrogens (tertiary/aromatic N) is 1. The minimum Gasteiger partial charge on any atom is -0.486 e. The van der Waals surface area contributed by atoms with Gasteiger partial charge in [0.1, 0.15) is 12.2 Å². The topological polar surface area (TPSA) is 113 Å². The second-order valence-corrected chi connectivity index (χ2v) is 9.24. The maximum atomic E-state index is 13.0. The number of rotatable bonds is 6. The molecule has 4 rings (SSSR count). The van der Waals surface area contributed by atoms with Crippen molar-refractivity contribution in [1.29, 1.82) is 0 Å². The lowest BCUT2D eigenvalue weighted by Crippen LogP contribution is -2.54. The average Bonchev–Trinajstić information content (AvgIpc) is 2.82. The maximum Gasteiger partial charge on any atom is 0.335 e. The van der Waals surface area contributed by atoms with Gasteiger partial charge in [-0.1, -0.05) is 35.3 Å². The number of nitrogens with one attached hydrogen (secondary N) is 1. The van der Waals surface area contributed by atoms with E-state index >= 15 is 0 Å². The Morgan fingerprint density at radius 1 is 1.03 bits per heavy atom. The van der Waals surface area contributed by atoms with Gasteiger partial charge in [-0.15, -0.1) is 0 Å². The first kappa shape index (κ1) is 25.4. The number of anilines is 1. The number of urea groups is 1. The third-order valence-corrected chi connectivity index (χ3v) is 6.22. The molecule has 11 heteroatoms. The van der Waals surface area contributed by atoms with Gasteiger partial charge in [-0.2, -0.15) is 0 Å². The summed E-state index contributed by atoms with van der Waals surface area (Å²) >= 11 is 15.7. The molecule has 0 unspecified atom stereocenters. The number of imide groups is 2. The molecule has 1 saturated heterocycles. The van der Waals surface area contributed by atoms with Gasteiger partial charge >= 0.3 is 12.0 Å². The molecule has 3 aromatic rings. The Labute approximate surface area is 223 Å². The molecule has 1 aliphatic heterocycles. The van der Waals surface area contributed by atoms with E-state index in [-0.39, 0.29) is 28.5 Å². The molecular weight excluding hydrogens is 575 g/mol. The van der Waals surface area contributed by atoms with E-state index in [1.54, 1.807) is 18.2 Å². The number of amides is 4. The molecule has 182 valence electrons. The van der Waals surface area contributed by atoms with Crippen LogP contribution in [0.3, 0.4) is 0 Å². The summed E-state index contributed by atoms with van der Waals surface area (Å²) in [6.45, 7) is 0.123. The van der Waals surface area contributed by atoms with E-state index in [1.807, 2.05) is 0 Å². The third-order valence-electron chi connectivity index (χ3n) is 5.10. The highest BCUT2D eigenvalue weighted by Crippen LogP contribution is 2.36. The van der Waals surface area contributed by atoms with Gasteiger partial charge in [0.05, 0.1) is 20.7 Å². The van der Waals surface area contributed by atoms with Crippen LogP contribution in [-0.2, 0) is 16.2 Å². The second-order valence-electron chi connectivity index (χ2n) is 7.54. The molecule has 1 heterocycles. The van der Waals surface area contributed by atoms with Crippen LogP contribution in [0, 0.1) is 0 Å². The molecule has 0 radical (unpaired) electrons. The first-order chi connectivity index (χ1) is 17.1. The lowest BCUT2D eigenvalue weighted by atomic mass is 10.1. The van der Waals surface area contributed by atoms with Crippen LogP contribution in [-0.4, -0.2) is 28.9 Å². The first-order valence-corrected chi connectivity index (χ1v) is 11.8. The van der Waals surface area contributed by atoms with E-state index in [4.69, 9.17) is 33.0 Å². The van der Waals surface area contributed by atoms with Gasteiger partial charge < -0.3 is 9.84 Å². The Bertz CT molecular complexity index is 1400. The monoisotopic (exact) mass is 588 g/mol. The van der Waals surface area contributed by atoms with Crippen LogP contribution in [0.1, 0.15) is 21.5 Å². The van der Waals surface area contributed by atoms with Crippen LogP contribution >= 0.6 is 39.1 Å². The Balaban J connectivity index is 1.57. The molecule has 0 aromatic heterocycles. The summed E-state index contributed by atoms with van der Waals surface area (Å²) in [4.78, 5) is 49.6. The number of carboxylic acid groups (broad SMARTS) is 1. The van der Waals surface area contributed by atoms with E-state index in [0.717, 1.165) is 10.5 Å². The van der Waals surface area contributed by atoms with E-state index in [9.17, 15) is 19.2 Å². The van der Waals surface area contributed by atoms with Crippen molar-refractivity contribution in [3.05, 3.63) is 97.4 Å². The summed E-state index contributed by atoms with van der Waals surface area (Å²) in [5.41, 5.74) is 1.28. The fourth-order valence-corrected chi connectivity index (χ4v) is 4.46. The maximum absolute atomic E-state index is 13.0. The van der Waals surface area contributed by atoms with Crippen molar-refractivity contribution in [1.82, 2.24) is 5.32 Å². The predicted octanol–water partition coefficient (Wildman–Crippen LogP) is 5.70. The second kappa shape index (κ2) is 10.5. The van der Waals surface area contributed by atoms with Crippen LogP contribution in [0.5, 0.6) is 5.75 Å². The van der Waals surface area contributed by atoms with Gasteiger partial charge in [0.15, 0.2) is 5.75 Å². The summed E-state index contributed by atoms with van der Waals surface area (Å²) in [7, 11) is 0. The molecule has 2 N–H and O–H groups in total. The quantitative estimate of drug-likeness (QED) is 0.282. The van der Waals surface area contributed by atoms with Crippen molar-refractivity contribution in [2.75, 3.05) is 4.90 Å². The normalized spacial score (nSPS) is 14.7. The zero-order valence-corrected chi connectivity index (χ0v) is 21.2. The number of carbonyl (C=O) groups excluding carboxylic acids is 3. The summed E-state index contributed by atoms with van der Waals surface area (Å²) < 4.78 is 6.24. The number of barbiturate groups is 1. The number of benzene rings is 3. The minimum atomic E-state index is -1.02. The smallest absolute Gasteiger partial charge is 0.335 e. The van der Waals surface area contributed by atoms with Gasteiger partial charge in [0.25, 0.3) is 11.8 Å². The van der Waals surface area contributed by atoms with Gasteiger partial charge in [0.2, 0.25) is 0 Å². The molecular formula is C25H15BrCl2N2O6. The van der Waals surface area contributed by atoms with Crippen LogP contribution < -0.4 is 15.0 Å². The van der Waals surface area contributed by atoms with E-state index < -0.39 is 23.8 Å². The van der Waals surface area contributed by atoms with Crippen molar-refractivity contribution < 1.29 is 29.0 Å². The fourth-order valence-electron chi connectivity index (χ4n) is 3.35. The van der Waals surface area contributed by atoms with Crippen molar-refractivity contribution >= 4 is 74.7 Å². The Morgan fingerprint density at radius 3 is 2.31 bits per heavy atom. The summed E-state index contributed by atoms with van der Waals surface area (Å²) in [6.07, 6.45) is 1.32. The van der Waals surface area contributed by atoms with Gasteiger partial charge in [-0.3, -0.25) is 14.9 Å². The van der Waals surface area contributed by atoms with Crippen molar-refractivity contribution in [3.8, 4) is 5.75 Å². The minimum absolute atomic E-state index is 0.123. The molecule has 3 aromatic carbocycles. The standard InChI is InChI=1S/C25H15BrCl2N2O6/c26-19-10-14(11-20(28)21(19)36-12-13-1-3-15(4-2-13)24(33)34)9-18-22(31)29-25(35)30(23(18)32)17-7-5-16(27)6-8-17/h1-11H,12H2,(H,33,34)(H,29,31,35)/b18-9+. The van der Waals surface area contributed by atoms with E-state index in [0.29, 0.717) is 20.8 Å². The number of ether oxygens (including phenoxy) is 1. The molecule has 4 amide bonds. The Kier molecular flexibility index (Phi) is 7.44. The largest absolute Gasteiger partial charge is 0.486 e. The summed E-state index contributed by atoms with van der Waals surface area (Å²) in [5, 5.41) is 11.8. The Hall–Kier alpha value is -3.66. The van der Waals surface area contributed by atoms with Gasteiger partial charge in [0, 0.05) is 5.02 Å². The van der Waals surface area contributed by atoms with E-state index in [1.165, 1.54) is 48.5 Å². The van der Waals surface area contributed by atoms with Crippen molar-refractivity contribution in [2.24, 2.45) is 0 Å². The van der Waals surface area contributed by atoms with Crippen LogP contribution in [0.15, 0.2) is 70.7 Å². The van der Waals surface area contributed by atoms with Gasteiger partial charge in [-0.05, 0) is 81.7 Å². The molecule has 0 bridgehead atoms. The van der Waals surface area contributed by atoms with Gasteiger partial charge in [-0.25, -0.2) is 14.5 Å². The zero-order valence-electron chi connectivity index (χ0n) is 18.1. The van der Waals surface area contributed by atoms with Crippen LogP contribution in [0.4, 0.5) is 10.5 Å². The summed E-state index contributed by atoms with van der Waals surface area (Å²) in [6, 6.07) is 14.5. The molecule has 8 nitrogen and oxygen atoms in total. The highest BCUT2D eigenvalue weighted by molar-refractivity contribution is 9.10. The molecule has 36 heavy (non-hydrogen) atoms. The molecule has 1 aliphatic rings. The molecule has 1 fully saturated rings. The average molecular weight is 590 g/mol. The van der Waals surface area contributed by atoms with Crippen molar-refractivity contribution in [3.63, 3.8) is 0 Å². The Morgan fingerprint density at radius 2 is 1.69 bits per heavy atom. The molecule has 0 spiro atoms. The number of hydrogen-bond donors (Lipinski definition) is 2.